The molecule has 0 saturated carbocycles. The van der Waals surface area contributed by atoms with Crippen LogP contribution in [0.3, 0.4) is 0 Å². The van der Waals surface area contributed by atoms with Crippen LogP contribution in [0.2, 0.25) is 10.0 Å². The van der Waals surface area contributed by atoms with Crippen molar-refractivity contribution < 1.29 is 9.59 Å². The van der Waals surface area contributed by atoms with Crippen molar-refractivity contribution in [3.05, 3.63) is 63.1 Å². The number of halogens is 2. The molecular formula is C15H10Cl2N4O2S. The van der Waals surface area contributed by atoms with Crippen LogP contribution in [-0.2, 0) is 0 Å². The number of nitrogens with zero attached hydrogens (tertiary/aromatic N) is 1. The second kappa shape index (κ2) is 7.04. The molecule has 0 atom stereocenters. The van der Waals surface area contributed by atoms with Gasteiger partial charge in [0.15, 0.2) is 5.69 Å². The second-order valence-electron chi connectivity index (χ2n) is 4.68. The molecule has 24 heavy (non-hydrogen) atoms. The van der Waals surface area contributed by atoms with E-state index in [1.54, 1.807) is 12.1 Å². The highest BCUT2D eigenvalue weighted by molar-refractivity contribution is 7.13. The van der Waals surface area contributed by atoms with Crippen molar-refractivity contribution in [3.63, 3.8) is 0 Å². The van der Waals surface area contributed by atoms with Crippen molar-refractivity contribution in [2.24, 2.45) is 0 Å². The van der Waals surface area contributed by atoms with E-state index in [9.17, 15) is 9.59 Å². The summed E-state index contributed by atoms with van der Waals surface area (Å²) in [6.45, 7) is 0. The first-order chi connectivity index (χ1) is 11.5. The molecule has 3 N–H and O–H groups in total. The number of carbonyl (C=O) groups is 2. The summed E-state index contributed by atoms with van der Waals surface area (Å²) in [5, 5.41) is 9.21. The van der Waals surface area contributed by atoms with Crippen LogP contribution in [0.25, 0.3) is 10.6 Å². The number of nitrogens with one attached hydrogen (secondary N) is 3. The van der Waals surface area contributed by atoms with Crippen LogP contribution in [0.1, 0.15) is 20.8 Å². The Morgan fingerprint density at radius 2 is 1.88 bits per heavy atom. The summed E-state index contributed by atoms with van der Waals surface area (Å²) in [7, 11) is 0. The third-order valence-electron chi connectivity index (χ3n) is 3.06. The fraction of sp³-hybridized carbons (Fsp3) is 0. The Balaban J connectivity index is 1.65. The van der Waals surface area contributed by atoms with Gasteiger partial charge in [0.25, 0.3) is 11.8 Å². The van der Waals surface area contributed by atoms with Crippen molar-refractivity contribution in [3.8, 4) is 10.6 Å². The molecule has 0 spiro atoms. The van der Waals surface area contributed by atoms with E-state index < -0.39 is 11.8 Å². The zero-order chi connectivity index (χ0) is 17.1. The Morgan fingerprint density at radius 3 is 2.62 bits per heavy atom. The van der Waals surface area contributed by atoms with Gasteiger partial charge in [-0.25, -0.2) is 0 Å². The zero-order valence-corrected chi connectivity index (χ0v) is 14.3. The van der Waals surface area contributed by atoms with Gasteiger partial charge in [-0.3, -0.25) is 25.5 Å². The first-order valence-corrected chi connectivity index (χ1v) is 8.33. The molecule has 0 fully saturated rings. The van der Waals surface area contributed by atoms with Crippen LogP contribution in [0.4, 0.5) is 0 Å². The number of hydrazine groups is 1. The van der Waals surface area contributed by atoms with E-state index in [1.165, 1.54) is 23.5 Å². The molecule has 2 aromatic heterocycles. The predicted molar refractivity (Wildman–Crippen MR) is 93.3 cm³/mol. The van der Waals surface area contributed by atoms with Crippen LogP contribution < -0.4 is 10.9 Å². The minimum atomic E-state index is -0.579. The monoisotopic (exact) mass is 380 g/mol. The molecule has 9 heteroatoms. The molecule has 122 valence electrons. The minimum Gasteiger partial charge on any atom is -0.276 e. The summed E-state index contributed by atoms with van der Waals surface area (Å²) in [4.78, 5) is 25.1. The Kier molecular flexibility index (Phi) is 4.84. The quantitative estimate of drug-likeness (QED) is 0.607. The number of thiophene rings is 1. The number of aromatic nitrogens is 2. The van der Waals surface area contributed by atoms with Crippen molar-refractivity contribution in [2.45, 2.75) is 0 Å². The Bertz CT molecular complexity index is 893. The Labute approximate surface area is 150 Å². The van der Waals surface area contributed by atoms with Crippen molar-refractivity contribution >= 4 is 46.4 Å². The van der Waals surface area contributed by atoms with Gasteiger partial charge in [0.05, 0.1) is 21.2 Å². The van der Waals surface area contributed by atoms with Crippen molar-refractivity contribution in [1.29, 1.82) is 0 Å². The lowest BCUT2D eigenvalue weighted by Gasteiger charge is -2.07. The molecular weight excluding hydrogens is 371 g/mol. The summed E-state index contributed by atoms with van der Waals surface area (Å²) < 4.78 is 0. The topological polar surface area (TPSA) is 86.9 Å². The molecule has 2 amide bonds. The molecule has 0 saturated heterocycles. The van der Waals surface area contributed by atoms with Crippen LogP contribution in [0.15, 0.2) is 41.8 Å². The lowest BCUT2D eigenvalue weighted by molar-refractivity contribution is 0.0844. The summed E-state index contributed by atoms with van der Waals surface area (Å²) in [6.07, 6.45) is 0. The Morgan fingerprint density at radius 1 is 1.08 bits per heavy atom. The van der Waals surface area contributed by atoms with E-state index in [2.05, 4.69) is 21.0 Å². The van der Waals surface area contributed by atoms with Gasteiger partial charge in [-0.15, -0.1) is 11.3 Å². The molecule has 2 heterocycles. The van der Waals surface area contributed by atoms with E-state index >= 15 is 0 Å². The van der Waals surface area contributed by atoms with Crippen LogP contribution in [0.5, 0.6) is 0 Å². The summed E-state index contributed by atoms with van der Waals surface area (Å²) in [5.74, 6) is -1.13. The van der Waals surface area contributed by atoms with Crippen molar-refractivity contribution in [1.82, 2.24) is 21.0 Å². The molecule has 6 nitrogen and oxygen atoms in total. The number of benzene rings is 1. The van der Waals surface area contributed by atoms with E-state index in [4.69, 9.17) is 23.2 Å². The van der Waals surface area contributed by atoms with Crippen LogP contribution in [0, 0.1) is 0 Å². The average molecular weight is 381 g/mol. The molecule has 0 aliphatic rings. The van der Waals surface area contributed by atoms with Crippen LogP contribution in [-0.4, -0.2) is 22.0 Å². The van der Waals surface area contributed by atoms with Crippen molar-refractivity contribution in [2.75, 3.05) is 0 Å². The molecule has 0 bridgehead atoms. The lowest BCUT2D eigenvalue weighted by atomic mass is 10.2. The maximum absolute atomic E-state index is 12.1. The number of hydrogen-bond donors (Lipinski definition) is 3. The fourth-order valence-electron chi connectivity index (χ4n) is 1.91. The van der Waals surface area contributed by atoms with E-state index in [1.807, 2.05) is 17.5 Å². The minimum absolute atomic E-state index is 0.149. The van der Waals surface area contributed by atoms with Gasteiger partial charge in [-0.2, -0.15) is 5.10 Å². The number of rotatable bonds is 3. The maximum atomic E-state index is 12.1. The van der Waals surface area contributed by atoms with Gasteiger partial charge in [0.1, 0.15) is 0 Å². The highest BCUT2D eigenvalue weighted by atomic mass is 35.5. The van der Waals surface area contributed by atoms with Gasteiger partial charge in [-0.05, 0) is 35.7 Å². The van der Waals surface area contributed by atoms with Crippen LogP contribution >= 0.6 is 34.5 Å². The van der Waals surface area contributed by atoms with Gasteiger partial charge in [-0.1, -0.05) is 29.3 Å². The number of carbonyl (C=O) groups excluding carboxylic acids is 2. The second-order valence-corrected chi connectivity index (χ2v) is 6.47. The van der Waals surface area contributed by atoms with Gasteiger partial charge in [0.2, 0.25) is 0 Å². The third-order valence-corrected chi connectivity index (χ3v) is 4.53. The van der Waals surface area contributed by atoms with Gasteiger partial charge >= 0.3 is 0 Å². The smallest absolute Gasteiger partial charge is 0.276 e. The first kappa shape index (κ1) is 16.5. The highest BCUT2D eigenvalue weighted by Crippen LogP contribution is 2.23. The zero-order valence-electron chi connectivity index (χ0n) is 12.0. The van der Waals surface area contributed by atoms with E-state index in [-0.39, 0.29) is 16.3 Å². The van der Waals surface area contributed by atoms with E-state index in [0.717, 1.165) is 10.6 Å². The number of hydrogen-bond acceptors (Lipinski definition) is 4. The summed E-state index contributed by atoms with van der Waals surface area (Å²) in [5.41, 5.74) is 5.59. The normalized spacial score (nSPS) is 10.4. The Hall–Kier alpha value is -2.35. The summed E-state index contributed by atoms with van der Waals surface area (Å²) >= 11 is 13.3. The van der Waals surface area contributed by atoms with Gasteiger partial charge in [0, 0.05) is 5.02 Å². The molecule has 3 rings (SSSR count). The summed E-state index contributed by atoms with van der Waals surface area (Å²) in [6, 6.07) is 9.88. The average Bonchev–Trinajstić information content (AvgIpc) is 3.25. The largest absolute Gasteiger partial charge is 0.290 e. The molecule has 3 aromatic rings. The number of aromatic amines is 1. The molecule has 0 unspecified atom stereocenters. The fourth-order valence-corrected chi connectivity index (χ4v) is 2.98. The molecule has 0 aliphatic heterocycles. The highest BCUT2D eigenvalue weighted by Gasteiger charge is 2.15. The maximum Gasteiger partial charge on any atom is 0.290 e. The molecule has 0 aliphatic carbocycles. The standard InChI is InChI=1S/C15H10Cl2N4O2S/c16-8-3-4-10(17)9(6-8)14(22)20-21-15(23)12-7-11(18-19-12)13-2-1-5-24-13/h1-7H,(H,18,19)(H,20,22)(H,21,23). The number of amides is 2. The van der Waals surface area contributed by atoms with Gasteiger partial charge < -0.3 is 0 Å². The first-order valence-electron chi connectivity index (χ1n) is 6.69. The number of H-pyrrole nitrogens is 1. The SMILES string of the molecule is O=C(NNC(=O)c1cc(Cl)ccc1Cl)c1cc(-c2cccs2)[nH]n1. The van der Waals surface area contributed by atoms with E-state index in [0.29, 0.717) is 5.02 Å². The molecule has 1 aromatic carbocycles. The lowest BCUT2D eigenvalue weighted by Crippen LogP contribution is -2.41. The predicted octanol–water partition coefficient (Wildman–Crippen LogP) is 3.52. The third kappa shape index (κ3) is 3.59. The molecule has 0 radical (unpaired) electrons.